The topological polar surface area (TPSA) is 119 Å². The molecule has 3 aromatic rings. The van der Waals surface area contributed by atoms with Gasteiger partial charge in [-0.25, -0.2) is 9.69 Å². The first-order valence-electron chi connectivity index (χ1n) is 10.0. The number of halogens is 2. The molecule has 2 amide bonds. The first-order chi connectivity index (χ1) is 16.7. The van der Waals surface area contributed by atoms with Crippen molar-refractivity contribution in [2.75, 3.05) is 10.2 Å². The normalized spacial score (nSPS) is 13.3. The highest BCUT2D eigenvalue weighted by molar-refractivity contribution is 6.53. The molecule has 0 saturated carbocycles. The molecular weight excluding hydrogens is 497 g/mol. The number of esters is 1. The van der Waals surface area contributed by atoms with E-state index in [1.54, 1.807) is 19.1 Å². The second kappa shape index (κ2) is 9.57. The number of non-ortho nitro benzene ring substituents is 1. The molecule has 0 radical (unpaired) electrons. The van der Waals surface area contributed by atoms with Crippen LogP contribution < -0.4 is 15.0 Å². The summed E-state index contributed by atoms with van der Waals surface area (Å²) in [7, 11) is 0. The zero-order valence-electron chi connectivity index (χ0n) is 18.0. The Morgan fingerprint density at radius 2 is 1.63 bits per heavy atom. The monoisotopic (exact) mass is 511 g/mol. The van der Waals surface area contributed by atoms with Gasteiger partial charge < -0.3 is 10.1 Å². The second-order valence-electron chi connectivity index (χ2n) is 7.41. The largest absolute Gasteiger partial charge is 0.423 e. The lowest BCUT2D eigenvalue weighted by atomic mass is 10.2. The smallest absolute Gasteiger partial charge is 0.343 e. The quantitative estimate of drug-likeness (QED) is 0.158. The number of anilines is 2. The van der Waals surface area contributed by atoms with E-state index >= 15 is 0 Å². The molecule has 1 heterocycles. The van der Waals surface area contributed by atoms with E-state index in [4.69, 9.17) is 27.9 Å². The summed E-state index contributed by atoms with van der Waals surface area (Å²) in [5, 5.41) is 13.7. The number of benzene rings is 3. The summed E-state index contributed by atoms with van der Waals surface area (Å²) in [6.07, 6.45) is 0. The fourth-order valence-electron chi connectivity index (χ4n) is 3.20. The van der Waals surface area contributed by atoms with Gasteiger partial charge in [0.05, 0.1) is 16.2 Å². The Kier molecular flexibility index (Phi) is 6.54. The number of nitro benzene ring substituents is 1. The Bertz CT molecular complexity index is 1400. The van der Waals surface area contributed by atoms with Crippen molar-refractivity contribution in [1.82, 2.24) is 0 Å². The average molecular weight is 512 g/mol. The Hall–Kier alpha value is -4.21. The minimum absolute atomic E-state index is 0.116. The number of amides is 2. The Morgan fingerprint density at radius 3 is 2.23 bits per heavy atom. The maximum atomic E-state index is 12.9. The average Bonchev–Trinajstić information content (AvgIpc) is 3.04. The molecule has 0 aromatic heterocycles. The van der Waals surface area contributed by atoms with Gasteiger partial charge in [-0.3, -0.25) is 19.7 Å². The summed E-state index contributed by atoms with van der Waals surface area (Å²) in [4.78, 5) is 49.0. The lowest BCUT2D eigenvalue weighted by Crippen LogP contribution is -2.32. The number of nitrogens with zero attached hydrogens (tertiary/aromatic N) is 2. The van der Waals surface area contributed by atoms with Crippen molar-refractivity contribution in [1.29, 1.82) is 0 Å². The Balaban J connectivity index is 1.46. The first-order valence-corrected chi connectivity index (χ1v) is 10.8. The van der Waals surface area contributed by atoms with Crippen molar-refractivity contribution < 1.29 is 24.0 Å². The zero-order chi connectivity index (χ0) is 25.3. The van der Waals surface area contributed by atoms with Crippen molar-refractivity contribution in [3.8, 4) is 5.75 Å². The fourth-order valence-corrected chi connectivity index (χ4v) is 3.59. The third-order valence-electron chi connectivity index (χ3n) is 5.09. The molecule has 3 aromatic carbocycles. The van der Waals surface area contributed by atoms with Crippen LogP contribution in [0.25, 0.3) is 0 Å². The van der Waals surface area contributed by atoms with E-state index in [0.717, 1.165) is 10.5 Å². The van der Waals surface area contributed by atoms with Gasteiger partial charge in [0.15, 0.2) is 0 Å². The third-order valence-corrected chi connectivity index (χ3v) is 5.85. The van der Waals surface area contributed by atoms with Gasteiger partial charge in [0.1, 0.15) is 16.5 Å². The number of hydrogen-bond donors (Lipinski definition) is 1. The molecule has 0 atom stereocenters. The molecular formula is C24H15Cl2N3O6. The molecule has 0 spiro atoms. The number of rotatable bonds is 6. The van der Waals surface area contributed by atoms with Crippen molar-refractivity contribution >= 4 is 58.0 Å². The summed E-state index contributed by atoms with van der Waals surface area (Å²) in [6.45, 7) is 1.79. The molecule has 4 rings (SSSR count). The Morgan fingerprint density at radius 1 is 0.971 bits per heavy atom. The number of nitrogens with one attached hydrogen (secondary N) is 1. The zero-order valence-corrected chi connectivity index (χ0v) is 19.5. The molecule has 11 heteroatoms. The number of carbonyl (C=O) groups is 3. The minimum Gasteiger partial charge on any atom is -0.423 e. The highest BCUT2D eigenvalue weighted by atomic mass is 35.5. The van der Waals surface area contributed by atoms with Crippen LogP contribution in [-0.4, -0.2) is 22.7 Å². The second-order valence-corrected chi connectivity index (χ2v) is 8.20. The number of ether oxygens (including phenoxy) is 1. The number of nitro groups is 1. The molecule has 1 aliphatic rings. The van der Waals surface area contributed by atoms with Gasteiger partial charge in [0.2, 0.25) is 0 Å². The van der Waals surface area contributed by atoms with Crippen LogP contribution in [0.4, 0.5) is 17.1 Å². The molecule has 1 aliphatic heterocycles. The number of hydrogen-bond acceptors (Lipinski definition) is 7. The van der Waals surface area contributed by atoms with E-state index < -0.39 is 22.7 Å². The van der Waals surface area contributed by atoms with Gasteiger partial charge in [-0.2, -0.15) is 0 Å². The van der Waals surface area contributed by atoms with Crippen molar-refractivity contribution in [2.45, 2.75) is 6.92 Å². The highest BCUT2D eigenvalue weighted by Crippen LogP contribution is 2.32. The van der Waals surface area contributed by atoms with E-state index in [2.05, 4.69) is 5.32 Å². The number of carbonyl (C=O) groups excluding carboxylic acids is 3. The summed E-state index contributed by atoms with van der Waals surface area (Å²) in [6, 6.07) is 15.8. The van der Waals surface area contributed by atoms with Crippen LogP contribution in [0.2, 0.25) is 5.02 Å². The van der Waals surface area contributed by atoms with E-state index in [-0.39, 0.29) is 33.4 Å². The van der Waals surface area contributed by atoms with E-state index in [9.17, 15) is 24.5 Å². The molecule has 35 heavy (non-hydrogen) atoms. The van der Waals surface area contributed by atoms with Crippen LogP contribution >= 0.6 is 23.2 Å². The predicted octanol–water partition coefficient (Wildman–Crippen LogP) is 5.21. The lowest BCUT2D eigenvalue weighted by Gasteiger charge is -2.16. The highest BCUT2D eigenvalue weighted by Gasteiger charge is 2.39. The van der Waals surface area contributed by atoms with Crippen LogP contribution in [0.15, 0.2) is 77.5 Å². The number of aryl methyl sites for hydroxylation is 1. The molecule has 0 bridgehead atoms. The maximum absolute atomic E-state index is 12.9. The van der Waals surface area contributed by atoms with Gasteiger partial charge in [0.25, 0.3) is 17.5 Å². The van der Waals surface area contributed by atoms with Crippen molar-refractivity contribution in [3.63, 3.8) is 0 Å². The van der Waals surface area contributed by atoms with E-state index in [1.165, 1.54) is 54.6 Å². The summed E-state index contributed by atoms with van der Waals surface area (Å²) < 4.78 is 5.21. The van der Waals surface area contributed by atoms with Gasteiger partial charge >= 0.3 is 5.97 Å². The predicted molar refractivity (Wildman–Crippen MR) is 130 cm³/mol. The maximum Gasteiger partial charge on any atom is 0.343 e. The summed E-state index contributed by atoms with van der Waals surface area (Å²) in [5.74, 6) is -1.88. The summed E-state index contributed by atoms with van der Waals surface area (Å²) >= 11 is 12.3. The van der Waals surface area contributed by atoms with E-state index in [1.807, 2.05) is 0 Å². The van der Waals surface area contributed by atoms with Crippen molar-refractivity contribution in [3.05, 3.63) is 104 Å². The Labute approximate surface area is 208 Å². The molecule has 9 nitrogen and oxygen atoms in total. The van der Waals surface area contributed by atoms with Crippen molar-refractivity contribution in [2.24, 2.45) is 0 Å². The molecule has 0 fully saturated rings. The van der Waals surface area contributed by atoms with Gasteiger partial charge in [-0.15, -0.1) is 0 Å². The van der Waals surface area contributed by atoms with Gasteiger partial charge in [-0.05, 0) is 61.0 Å². The fraction of sp³-hybridized carbons (Fsp3) is 0.0417. The third kappa shape index (κ3) is 4.86. The van der Waals surface area contributed by atoms with Crippen LogP contribution in [0, 0.1) is 17.0 Å². The SMILES string of the molecule is Cc1ccc(N2C(=O)C(Cl)=C(Nc3ccc(C(=O)Oc4ccc([N+](=O)[O-])cc4)cc3)C2=O)cc1Cl. The molecule has 176 valence electrons. The minimum atomic E-state index is -0.692. The van der Waals surface area contributed by atoms with Crippen LogP contribution in [0.5, 0.6) is 5.75 Å². The van der Waals surface area contributed by atoms with Gasteiger partial charge in [-0.1, -0.05) is 29.3 Å². The molecule has 0 aliphatic carbocycles. The molecule has 0 unspecified atom stereocenters. The summed E-state index contributed by atoms with van der Waals surface area (Å²) in [5.41, 5.74) is 1.43. The van der Waals surface area contributed by atoms with E-state index in [0.29, 0.717) is 10.7 Å². The lowest BCUT2D eigenvalue weighted by molar-refractivity contribution is -0.384. The number of imide groups is 1. The van der Waals surface area contributed by atoms with Crippen LogP contribution in [-0.2, 0) is 9.59 Å². The molecule has 0 saturated heterocycles. The molecule has 1 N–H and O–H groups in total. The van der Waals surface area contributed by atoms with Crippen LogP contribution in [0.3, 0.4) is 0 Å². The standard InChI is InChI=1S/C24H15Cl2N3O6/c1-13-2-7-17(12-19(13)25)28-22(30)20(26)21(23(28)31)27-15-5-3-14(4-6-15)24(32)35-18-10-8-16(9-11-18)29(33)34/h2-12,27H,1H3. The van der Waals surface area contributed by atoms with Crippen LogP contribution in [0.1, 0.15) is 15.9 Å². The van der Waals surface area contributed by atoms with Gasteiger partial charge in [0, 0.05) is 22.8 Å². The first kappa shape index (κ1) is 23.9.